The van der Waals surface area contributed by atoms with E-state index >= 15 is 0 Å². The fourth-order valence-electron chi connectivity index (χ4n) is 5.38. The van der Waals surface area contributed by atoms with Crippen molar-refractivity contribution in [1.29, 1.82) is 0 Å². The lowest BCUT2D eigenvalue weighted by Crippen LogP contribution is -2.35. The lowest BCUT2D eigenvalue weighted by molar-refractivity contribution is -0.137. The Balaban J connectivity index is 1.15. The highest BCUT2D eigenvalue weighted by atomic mass is 19.4. The van der Waals surface area contributed by atoms with Crippen LogP contribution < -0.4 is 5.32 Å². The topological polar surface area (TPSA) is 62.6 Å². The molecule has 0 radical (unpaired) electrons. The molecule has 0 saturated heterocycles. The lowest BCUT2D eigenvalue weighted by atomic mass is 9.90. The third kappa shape index (κ3) is 6.09. The number of amides is 2. The third-order valence-corrected chi connectivity index (χ3v) is 7.56. The van der Waals surface area contributed by atoms with Crippen LogP contribution in [0, 0.1) is 0 Å². The number of nitrogens with zero attached hydrogens (tertiary/aromatic N) is 1. The number of carbonyl (C=O) groups excluding carboxylic acids is 2. The Morgan fingerprint density at radius 2 is 1.44 bits per heavy atom. The SMILES string of the molecule is O=C(Nc1ccc(-c2cc3c(o2)CCN(C(=O)c2cccc(C(F)(F)F)c2)C3)cc1)C(c1ccccc1)c1ccccc1. The van der Waals surface area contributed by atoms with Gasteiger partial charge in [0.1, 0.15) is 11.5 Å². The number of alkyl halides is 3. The van der Waals surface area contributed by atoms with Crippen molar-refractivity contribution in [1.82, 2.24) is 4.90 Å². The molecule has 5 aromatic rings. The number of furan rings is 1. The summed E-state index contributed by atoms with van der Waals surface area (Å²) in [6.07, 6.45) is -4.07. The van der Waals surface area contributed by atoms with Gasteiger partial charge in [0.05, 0.1) is 11.5 Å². The van der Waals surface area contributed by atoms with E-state index in [1.54, 1.807) is 0 Å². The van der Waals surface area contributed by atoms with E-state index in [0.717, 1.165) is 40.1 Å². The van der Waals surface area contributed by atoms with Crippen LogP contribution in [0.1, 0.15) is 44.3 Å². The molecule has 0 unspecified atom stereocenters. The van der Waals surface area contributed by atoms with Gasteiger partial charge in [-0.2, -0.15) is 13.2 Å². The highest BCUT2D eigenvalue weighted by Crippen LogP contribution is 2.33. The summed E-state index contributed by atoms with van der Waals surface area (Å²) in [4.78, 5) is 28.0. The van der Waals surface area contributed by atoms with E-state index in [1.807, 2.05) is 91.0 Å². The van der Waals surface area contributed by atoms with Crippen molar-refractivity contribution in [3.63, 3.8) is 0 Å². The molecule has 216 valence electrons. The van der Waals surface area contributed by atoms with Crippen molar-refractivity contribution in [2.75, 3.05) is 11.9 Å². The molecule has 1 aromatic heterocycles. The fourth-order valence-corrected chi connectivity index (χ4v) is 5.38. The minimum Gasteiger partial charge on any atom is -0.461 e. The highest BCUT2D eigenvalue weighted by Gasteiger charge is 2.32. The number of anilines is 1. The number of fused-ring (bicyclic) bond motifs is 1. The summed E-state index contributed by atoms with van der Waals surface area (Å²) in [5.41, 5.74) is 3.19. The Labute approximate surface area is 246 Å². The second-order valence-electron chi connectivity index (χ2n) is 10.4. The van der Waals surface area contributed by atoms with E-state index in [0.29, 0.717) is 24.4 Å². The smallest absolute Gasteiger partial charge is 0.416 e. The predicted octanol–water partition coefficient (Wildman–Crippen LogP) is 7.93. The van der Waals surface area contributed by atoms with Gasteiger partial charge in [0.15, 0.2) is 0 Å². The molecule has 8 heteroatoms. The summed E-state index contributed by atoms with van der Waals surface area (Å²) >= 11 is 0. The fraction of sp³-hybridized carbons (Fsp3) is 0.143. The number of benzene rings is 4. The van der Waals surface area contributed by atoms with Crippen LogP contribution in [0.3, 0.4) is 0 Å². The largest absolute Gasteiger partial charge is 0.461 e. The van der Waals surface area contributed by atoms with Crippen molar-refractivity contribution < 1.29 is 27.2 Å². The van der Waals surface area contributed by atoms with E-state index in [9.17, 15) is 22.8 Å². The summed E-state index contributed by atoms with van der Waals surface area (Å²) in [6.45, 7) is 0.576. The minimum absolute atomic E-state index is 0.00129. The first-order valence-electron chi connectivity index (χ1n) is 13.9. The predicted molar refractivity (Wildman–Crippen MR) is 157 cm³/mol. The van der Waals surface area contributed by atoms with Gasteiger partial charge in [-0.25, -0.2) is 0 Å². The van der Waals surface area contributed by atoms with E-state index in [4.69, 9.17) is 4.42 Å². The molecule has 1 aliphatic heterocycles. The van der Waals surface area contributed by atoms with Gasteiger partial charge in [-0.1, -0.05) is 66.7 Å². The first kappa shape index (κ1) is 28.0. The van der Waals surface area contributed by atoms with Crippen molar-refractivity contribution in [3.05, 3.63) is 149 Å². The molecule has 0 atom stereocenters. The first-order valence-corrected chi connectivity index (χ1v) is 13.9. The molecule has 0 fully saturated rings. The molecule has 2 heterocycles. The van der Waals surface area contributed by atoms with E-state index in [1.165, 1.54) is 17.0 Å². The van der Waals surface area contributed by atoms with Crippen LogP contribution in [0.4, 0.5) is 18.9 Å². The number of carbonyl (C=O) groups is 2. The van der Waals surface area contributed by atoms with Gasteiger partial charge in [-0.05, 0) is 59.7 Å². The molecule has 4 aromatic carbocycles. The van der Waals surface area contributed by atoms with Gasteiger partial charge in [0.25, 0.3) is 5.91 Å². The standard InChI is InChI=1S/C35H27F3N2O3/c36-35(37,38)28-13-7-12-26(20-28)34(42)40-19-18-30-27(22-40)21-31(43-30)23-14-16-29(17-15-23)39-33(41)32(24-8-3-1-4-9-24)25-10-5-2-6-11-25/h1-17,20-21,32H,18-19,22H2,(H,39,41). The average Bonchev–Trinajstić information content (AvgIpc) is 3.45. The van der Waals surface area contributed by atoms with Crippen molar-refractivity contribution in [3.8, 4) is 11.3 Å². The third-order valence-electron chi connectivity index (χ3n) is 7.56. The number of halogens is 3. The molecular formula is C35H27F3N2O3. The number of rotatable bonds is 6. The van der Waals surface area contributed by atoms with Crippen LogP contribution in [0.15, 0.2) is 120 Å². The van der Waals surface area contributed by atoms with Gasteiger partial charge in [-0.15, -0.1) is 0 Å². The van der Waals surface area contributed by atoms with Crippen molar-refractivity contribution in [2.24, 2.45) is 0 Å². The van der Waals surface area contributed by atoms with Crippen LogP contribution in [-0.2, 0) is 23.9 Å². The molecule has 6 rings (SSSR count). The maximum Gasteiger partial charge on any atom is 0.416 e. The molecule has 2 amide bonds. The Morgan fingerprint density at radius 1 is 0.791 bits per heavy atom. The zero-order valence-electron chi connectivity index (χ0n) is 23.0. The summed E-state index contributed by atoms with van der Waals surface area (Å²) in [5.74, 6) is 0.283. The summed E-state index contributed by atoms with van der Waals surface area (Å²) in [6, 6.07) is 32.9. The maximum absolute atomic E-state index is 13.4. The minimum atomic E-state index is -4.52. The van der Waals surface area contributed by atoms with Gasteiger partial charge < -0.3 is 14.6 Å². The molecule has 5 nitrogen and oxygen atoms in total. The summed E-state index contributed by atoms with van der Waals surface area (Å²) in [5, 5.41) is 3.03. The highest BCUT2D eigenvalue weighted by molar-refractivity contribution is 5.98. The lowest BCUT2D eigenvalue weighted by Gasteiger charge is -2.26. The van der Waals surface area contributed by atoms with E-state index in [-0.39, 0.29) is 18.0 Å². The van der Waals surface area contributed by atoms with Gasteiger partial charge in [0.2, 0.25) is 5.91 Å². The number of hydrogen-bond donors (Lipinski definition) is 1. The Hall–Kier alpha value is -5.11. The molecule has 0 spiro atoms. The second-order valence-corrected chi connectivity index (χ2v) is 10.4. The molecule has 1 aliphatic rings. The second kappa shape index (κ2) is 11.6. The molecule has 43 heavy (non-hydrogen) atoms. The monoisotopic (exact) mass is 580 g/mol. The van der Waals surface area contributed by atoms with E-state index in [2.05, 4.69) is 5.32 Å². The van der Waals surface area contributed by atoms with Crippen LogP contribution in [0.5, 0.6) is 0 Å². The Morgan fingerprint density at radius 3 is 2.07 bits per heavy atom. The normalized spacial score (nSPS) is 13.1. The van der Waals surface area contributed by atoms with Crippen LogP contribution >= 0.6 is 0 Å². The molecule has 0 bridgehead atoms. The van der Waals surface area contributed by atoms with Crippen molar-refractivity contribution in [2.45, 2.75) is 25.1 Å². The number of hydrogen-bond acceptors (Lipinski definition) is 3. The summed E-state index contributed by atoms with van der Waals surface area (Å²) in [7, 11) is 0. The van der Waals surface area contributed by atoms with Crippen LogP contribution in [0.2, 0.25) is 0 Å². The van der Waals surface area contributed by atoms with Gasteiger partial charge in [-0.3, -0.25) is 9.59 Å². The molecule has 0 aliphatic carbocycles. The zero-order chi connectivity index (χ0) is 30.0. The Bertz CT molecular complexity index is 1710. The van der Waals surface area contributed by atoms with Gasteiger partial charge >= 0.3 is 6.18 Å². The molecule has 1 N–H and O–H groups in total. The Kier molecular flexibility index (Phi) is 7.59. The van der Waals surface area contributed by atoms with Crippen LogP contribution in [-0.4, -0.2) is 23.3 Å². The average molecular weight is 581 g/mol. The quantitative estimate of drug-likeness (QED) is 0.222. The van der Waals surface area contributed by atoms with Gasteiger partial charge in [0, 0.05) is 41.9 Å². The molecule has 0 saturated carbocycles. The van der Waals surface area contributed by atoms with Crippen molar-refractivity contribution >= 4 is 17.5 Å². The first-order chi connectivity index (χ1) is 20.8. The van der Waals surface area contributed by atoms with Crippen LogP contribution in [0.25, 0.3) is 11.3 Å². The zero-order valence-corrected chi connectivity index (χ0v) is 23.0. The number of nitrogens with one attached hydrogen (secondary N) is 1. The maximum atomic E-state index is 13.4. The summed E-state index contributed by atoms with van der Waals surface area (Å²) < 4.78 is 45.5. The molecular weight excluding hydrogens is 553 g/mol. The van der Waals surface area contributed by atoms with E-state index < -0.39 is 23.6 Å².